The Morgan fingerprint density at radius 3 is 2.59 bits per heavy atom. The highest BCUT2D eigenvalue weighted by Gasteiger charge is 2.17. The molecule has 1 amide bonds. The summed E-state index contributed by atoms with van der Waals surface area (Å²) in [5, 5.41) is 21.1. The molecule has 0 aliphatic rings. The number of rotatable bonds is 7. The van der Waals surface area contributed by atoms with E-state index in [0.717, 1.165) is 11.3 Å². The number of carboxylic acid groups (broad SMARTS) is 1. The summed E-state index contributed by atoms with van der Waals surface area (Å²) < 4.78 is 3.20. The van der Waals surface area contributed by atoms with Gasteiger partial charge < -0.3 is 10.4 Å². The van der Waals surface area contributed by atoms with Crippen molar-refractivity contribution in [1.82, 2.24) is 19.6 Å². The number of hydrogen-bond donors (Lipinski definition) is 2. The minimum Gasteiger partial charge on any atom is -0.481 e. The van der Waals surface area contributed by atoms with Crippen LogP contribution >= 0.6 is 23.2 Å². The molecule has 0 radical (unpaired) electrons. The second-order valence-corrected chi connectivity index (χ2v) is 7.33. The number of hydrogen-bond acceptors (Lipinski definition) is 4. The molecular weight excluding hydrogens is 417 g/mol. The molecule has 8 nitrogen and oxygen atoms in total. The summed E-state index contributed by atoms with van der Waals surface area (Å²) in [6.07, 6.45) is 1.51. The van der Waals surface area contributed by atoms with Crippen molar-refractivity contribution in [2.75, 3.05) is 5.32 Å². The lowest BCUT2D eigenvalue weighted by Gasteiger charge is -2.07. The highest BCUT2D eigenvalue weighted by Crippen LogP contribution is 2.25. The van der Waals surface area contributed by atoms with Crippen molar-refractivity contribution in [3.05, 3.63) is 63.2 Å². The van der Waals surface area contributed by atoms with E-state index in [0.29, 0.717) is 28.0 Å². The number of amides is 1. The molecule has 10 heteroatoms. The first-order chi connectivity index (χ1) is 13.7. The van der Waals surface area contributed by atoms with E-state index < -0.39 is 5.97 Å². The van der Waals surface area contributed by atoms with Gasteiger partial charge in [-0.15, -0.1) is 0 Å². The van der Waals surface area contributed by atoms with Gasteiger partial charge in [0.05, 0.1) is 46.6 Å². The van der Waals surface area contributed by atoms with Gasteiger partial charge >= 0.3 is 5.97 Å². The number of halogens is 2. The van der Waals surface area contributed by atoms with Crippen LogP contribution in [0, 0.1) is 13.8 Å². The Morgan fingerprint density at radius 2 is 1.90 bits per heavy atom. The third-order valence-corrected chi connectivity index (χ3v) is 5.10. The Kier molecular flexibility index (Phi) is 6.24. The van der Waals surface area contributed by atoms with Gasteiger partial charge in [0.1, 0.15) is 0 Å². The van der Waals surface area contributed by atoms with E-state index in [1.54, 1.807) is 36.0 Å². The Hall–Kier alpha value is -2.84. The predicted octanol–water partition coefficient (Wildman–Crippen LogP) is 3.78. The average Bonchev–Trinajstić information content (AvgIpc) is 3.24. The standard InChI is InChI=1S/C19H19Cl2N5O3/c1-11-18(22-19(29)16-5-7-25(24-16)8-6-17(27)28)12(2)26(23-11)10-13-3-4-14(20)15(21)9-13/h3-5,7,9H,6,8,10H2,1-2H3,(H,22,29)(H,27,28). The van der Waals surface area contributed by atoms with Crippen molar-refractivity contribution in [2.45, 2.75) is 33.4 Å². The lowest BCUT2D eigenvalue weighted by Crippen LogP contribution is -2.15. The highest BCUT2D eigenvalue weighted by molar-refractivity contribution is 6.42. The van der Waals surface area contributed by atoms with Crippen LogP contribution in [0.3, 0.4) is 0 Å². The van der Waals surface area contributed by atoms with Crippen LogP contribution in [-0.4, -0.2) is 36.5 Å². The smallest absolute Gasteiger partial charge is 0.305 e. The highest BCUT2D eigenvalue weighted by atomic mass is 35.5. The lowest BCUT2D eigenvalue weighted by molar-refractivity contribution is -0.137. The molecular formula is C19H19Cl2N5O3. The number of nitrogens with one attached hydrogen (secondary N) is 1. The van der Waals surface area contributed by atoms with Crippen LogP contribution in [0.25, 0.3) is 0 Å². The van der Waals surface area contributed by atoms with Crippen LogP contribution in [0.2, 0.25) is 10.0 Å². The zero-order chi connectivity index (χ0) is 21.1. The normalized spacial score (nSPS) is 10.9. The monoisotopic (exact) mass is 435 g/mol. The number of carbonyl (C=O) groups excluding carboxylic acids is 1. The second-order valence-electron chi connectivity index (χ2n) is 6.51. The van der Waals surface area contributed by atoms with E-state index in [1.807, 2.05) is 13.0 Å². The molecule has 2 aromatic heterocycles. The summed E-state index contributed by atoms with van der Waals surface area (Å²) >= 11 is 12.0. The summed E-state index contributed by atoms with van der Waals surface area (Å²) in [4.78, 5) is 23.2. The molecule has 2 heterocycles. The number of aromatic nitrogens is 4. The van der Waals surface area contributed by atoms with Crippen molar-refractivity contribution in [3.8, 4) is 0 Å². The van der Waals surface area contributed by atoms with Gasteiger partial charge in [0.15, 0.2) is 5.69 Å². The van der Waals surface area contributed by atoms with Crippen molar-refractivity contribution >= 4 is 40.8 Å². The average molecular weight is 436 g/mol. The minimum atomic E-state index is -0.924. The Bertz CT molecular complexity index is 1070. The molecule has 3 aromatic rings. The van der Waals surface area contributed by atoms with Crippen molar-refractivity contribution in [1.29, 1.82) is 0 Å². The largest absolute Gasteiger partial charge is 0.481 e. The summed E-state index contributed by atoms with van der Waals surface area (Å²) in [7, 11) is 0. The van der Waals surface area contributed by atoms with Crippen molar-refractivity contribution in [2.24, 2.45) is 0 Å². The van der Waals surface area contributed by atoms with E-state index >= 15 is 0 Å². The topological polar surface area (TPSA) is 102 Å². The first-order valence-electron chi connectivity index (χ1n) is 8.79. The van der Waals surface area contributed by atoms with Crippen LogP contribution in [0.5, 0.6) is 0 Å². The molecule has 0 bridgehead atoms. The molecule has 152 valence electrons. The molecule has 0 spiro atoms. The maximum Gasteiger partial charge on any atom is 0.305 e. The van der Waals surface area contributed by atoms with E-state index in [1.165, 1.54) is 4.68 Å². The number of benzene rings is 1. The fourth-order valence-corrected chi connectivity index (χ4v) is 3.16. The van der Waals surface area contributed by atoms with Crippen LogP contribution < -0.4 is 5.32 Å². The SMILES string of the molecule is Cc1nn(Cc2ccc(Cl)c(Cl)c2)c(C)c1NC(=O)c1ccn(CCC(=O)O)n1. The fraction of sp³-hybridized carbons (Fsp3) is 0.263. The number of anilines is 1. The maximum absolute atomic E-state index is 12.5. The predicted molar refractivity (Wildman–Crippen MR) is 110 cm³/mol. The Morgan fingerprint density at radius 1 is 1.14 bits per heavy atom. The van der Waals surface area contributed by atoms with Gasteiger partial charge in [-0.1, -0.05) is 29.3 Å². The third kappa shape index (κ3) is 4.96. The number of carboxylic acids is 1. The lowest BCUT2D eigenvalue weighted by atomic mass is 10.2. The molecule has 3 rings (SSSR count). The third-order valence-electron chi connectivity index (χ3n) is 4.36. The number of aliphatic carboxylic acids is 1. The van der Waals surface area contributed by atoms with E-state index in [-0.39, 0.29) is 24.6 Å². The molecule has 0 fully saturated rings. The second kappa shape index (κ2) is 8.67. The first-order valence-corrected chi connectivity index (χ1v) is 9.54. The van der Waals surface area contributed by atoms with Crippen LogP contribution in [0.15, 0.2) is 30.5 Å². The molecule has 0 atom stereocenters. The maximum atomic E-state index is 12.5. The minimum absolute atomic E-state index is 0.0670. The molecule has 2 N–H and O–H groups in total. The van der Waals surface area contributed by atoms with Crippen molar-refractivity contribution < 1.29 is 14.7 Å². The number of carbonyl (C=O) groups is 2. The Balaban J connectivity index is 1.73. The number of aryl methyl sites for hydroxylation is 2. The number of nitrogens with zero attached hydrogens (tertiary/aromatic N) is 4. The van der Waals surface area contributed by atoms with E-state index in [4.69, 9.17) is 28.3 Å². The van der Waals surface area contributed by atoms with Gasteiger partial charge in [-0.2, -0.15) is 10.2 Å². The zero-order valence-electron chi connectivity index (χ0n) is 15.8. The summed E-state index contributed by atoms with van der Waals surface area (Å²) in [6, 6.07) is 6.92. The zero-order valence-corrected chi connectivity index (χ0v) is 17.3. The quantitative estimate of drug-likeness (QED) is 0.587. The van der Waals surface area contributed by atoms with Gasteiger partial charge in [0.25, 0.3) is 5.91 Å². The summed E-state index contributed by atoms with van der Waals surface area (Å²) in [5.74, 6) is -1.31. The van der Waals surface area contributed by atoms with E-state index in [9.17, 15) is 9.59 Å². The molecule has 0 aliphatic heterocycles. The van der Waals surface area contributed by atoms with Crippen LogP contribution in [-0.2, 0) is 17.9 Å². The van der Waals surface area contributed by atoms with Gasteiger partial charge in [-0.25, -0.2) is 0 Å². The van der Waals surface area contributed by atoms with Gasteiger partial charge in [-0.05, 0) is 37.6 Å². The molecule has 29 heavy (non-hydrogen) atoms. The van der Waals surface area contributed by atoms with Gasteiger partial charge in [-0.3, -0.25) is 19.0 Å². The molecule has 1 aromatic carbocycles. The van der Waals surface area contributed by atoms with Crippen molar-refractivity contribution in [3.63, 3.8) is 0 Å². The summed E-state index contributed by atoms with van der Waals surface area (Å²) in [5.41, 5.74) is 3.19. The van der Waals surface area contributed by atoms with E-state index in [2.05, 4.69) is 15.5 Å². The summed E-state index contributed by atoms with van der Waals surface area (Å²) in [6.45, 7) is 4.34. The fourth-order valence-electron chi connectivity index (χ4n) is 2.84. The molecule has 0 saturated carbocycles. The Labute approximate surface area is 177 Å². The first kappa shape index (κ1) is 20.9. The molecule has 0 unspecified atom stereocenters. The molecule has 0 saturated heterocycles. The van der Waals surface area contributed by atoms with Crippen LogP contribution in [0.1, 0.15) is 33.9 Å². The van der Waals surface area contributed by atoms with Gasteiger partial charge in [0, 0.05) is 6.20 Å². The van der Waals surface area contributed by atoms with Crippen LogP contribution in [0.4, 0.5) is 5.69 Å². The van der Waals surface area contributed by atoms with Gasteiger partial charge in [0.2, 0.25) is 0 Å². The molecule has 0 aliphatic carbocycles.